The largest absolute Gasteiger partial charge is 0.331 e. The second-order valence-electron chi connectivity index (χ2n) is 4.96. The molecule has 1 aromatic heterocycles. The number of hydrogen-bond acceptors (Lipinski definition) is 2. The normalized spacial score (nSPS) is 15.7. The average molecular weight is 261 g/mol. The number of aromatic amines is 1. The highest BCUT2D eigenvalue weighted by atomic mass is 32.1. The van der Waals surface area contributed by atoms with E-state index in [0.717, 1.165) is 36.0 Å². The van der Waals surface area contributed by atoms with Crippen molar-refractivity contribution >= 4 is 23.3 Å². The van der Waals surface area contributed by atoms with Gasteiger partial charge in [0.2, 0.25) is 0 Å². The van der Waals surface area contributed by atoms with Crippen LogP contribution in [-0.2, 0) is 6.54 Å². The van der Waals surface area contributed by atoms with Gasteiger partial charge in [-0.25, -0.2) is 0 Å². The second kappa shape index (κ2) is 4.86. The Morgan fingerprint density at radius 2 is 2.17 bits per heavy atom. The number of likely N-dealkylation sites (N-methyl/N-ethyl adjacent to an activating group) is 1. The first kappa shape index (κ1) is 11.9. The van der Waals surface area contributed by atoms with Crippen molar-refractivity contribution in [1.82, 2.24) is 14.5 Å². The lowest BCUT2D eigenvalue weighted by Gasteiger charge is -2.20. The summed E-state index contributed by atoms with van der Waals surface area (Å²) in [7, 11) is 0. The summed E-state index contributed by atoms with van der Waals surface area (Å²) in [4.78, 5) is 5.83. The summed E-state index contributed by atoms with van der Waals surface area (Å²) < 4.78 is 3.05. The van der Waals surface area contributed by atoms with Crippen molar-refractivity contribution in [3.8, 4) is 0 Å². The smallest absolute Gasteiger partial charge is 0.178 e. The maximum absolute atomic E-state index is 5.41. The standard InChI is InChI=1S/C14H19N3S/c1-2-16(11-7-8-11)9-10-17-13-6-4-3-5-12(13)15-14(17)18/h3-6,11H,2,7-10H2,1H3,(H,15,18). The van der Waals surface area contributed by atoms with Crippen molar-refractivity contribution in [2.45, 2.75) is 32.4 Å². The van der Waals surface area contributed by atoms with E-state index in [1.54, 1.807) is 0 Å². The van der Waals surface area contributed by atoms with Crippen LogP contribution in [0.2, 0.25) is 0 Å². The van der Waals surface area contributed by atoms with Gasteiger partial charge in [-0.05, 0) is 43.7 Å². The topological polar surface area (TPSA) is 24.0 Å². The zero-order chi connectivity index (χ0) is 12.5. The molecule has 18 heavy (non-hydrogen) atoms. The van der Waals surface area contributed by atoms with E-state index in [0.29, 0.717) is 0 Å². The Morgan fingerprint density at radius 1 is 1.39 bits per heavy atom. The number of nitrogens with zero attached hydrogens (tertiary/aromatic N) is 2. The third-order valence-corrected chi connectivity index (χ3v) is 4.08. The van der Waals surface area contributed by atoms with Gasteiger partial charge in [-0.15, -0.1) is 0 Å². The molecule has 1 fully saturated rings. The molecule has 3 nitrogen and oxygen atoms in total. The summed E-state index contributed by atoms with van der Waals surface area (Å²) in [6, 6.07) is 9.16. The number of hydrogen-bond donors (Lipinski definition) is 1. The number of benzene rings is 1. The molecule has 0 saturated heterocycles. The predicted octanol–water partition coefficient (Wildman–Crippen LogP) is 3.18. The summed E-state index contributed by atoms with van der Waals surface area (Å²) in [5.41, 5.74) is 2.35. The third kappa shape index (κ3) is 2.22. The predicted molar refractivity (Wildman–Crippen MR) is 77.4 cm³/mol. The highest BCUT2D eigenvalue weighted by Crippen LogP contribution is 2.26. The summed E-state index contributed by atoms with van der Waals surface area (Å²) in [5.74, 6) is 0. The molecule has 1 aromatic carbocycles. The Kier molecular flexibility index (Phi) is 3.22. The van der Waals surface area contributed by atoms with E-state index in [2.05, 4.69) is 39.6 Å². The molecule has 4 heteroatoms. The van der Waals surface area contributed by atoms with Gasteiger partial charge in [0.05, 0.1) is 11.0 Å². The molecule has 1 saturated carbocycles. The molecule has 1 N–H and O–H groups in total. The van der Waals surface area contributed by atoms with Crippen LogP contribution < -0.4 is 0 Å². The Morgan fingerprint density at radius 3 is 2.89 bits per heavy atom. The number of H-pyrrole nitrogens is 1. The van der Waals surface area contributed by atoms with Crippen LogP contribution in [0.3, 0.4) is 0 Å². The SMILES string of the molecule is CCN(CCn1c(=S)[nH]c2ccccc21)C1CC1. The first-order valence-corrected chi connectivity index (χ1v) is 7.12. The summed E-state index contributed by atoms with van der Waals surface area (Å²) in [6.07, 6.45) is 2.74. The van der Waals surface area contributed by atoms with Crippen LogP contribution in [0, 0.1) is 4.77 Å². The van der Waals surface area contributed by atoms with Gasteiger partial charge in [0, 0.05) is 19.1 Å². The van der Waals surface area contributed by atoms with Gasteiger partial charge in [-0.3, -0.25) is 4.90 Å². The second-order valence-corrected chi connectivity index (χ2v) is 5.35. The van der Waals surface area contributed by atoms with Crippen LogP contribution in [0.15, 0.2) is 24.3 Å². The van der Waals surface area contributed by atoms with Crippen molar-refractivity contribution in [2.75, 3.05) is 13.1 Å². The van der Waals surface area contributed by atoms with E-state index in [1.807, 2.05) is 6.07 Å². The lowest BCUT2D eigenvalue weighted by atomic mass is 10.3. The monoisotopic (exact) mass is 261 g/mol. The van der Waals surface area contributed by atoms with Crippen LogP contribution in [0.1, 0.15) is 19.8 Å². The van der Waals surface area contributed by atoms with Crippen LogP contribution in [0.25, 0.3) is 11.0 Å². The molecule has 0 atom stereocenters. The van der Waals surface area contributed by atoms with Gasteiger partial charge >= 0.3 is 0 Å². The quantitative estimate of drug-likeness (QED) is 0.836. The van der Waals surface area contributed by atoms with E-state index in [4.69, 9.17) is 12.2 Å². The molecule has 0 spiro atoms. The van der Waals surface area contributed by atoms with Crippen LogP contribution in [0.5, 0.6) is 0 Å². The molecule has 1 aliphatic carbocycles. The molecule has 0 amide bonds. The Bertz CT molecular complexity index is 594. The van der Waals surface area contributed by atoms with Gasteiger partial charge in [0.25, 0.3) is 0 Å². The number of rotatable bonds is 5. The fraction of sp³-hybridized carbons (Fsp3) is 0.500. The Labute approximate surface area is 112 Å². The van der Waals surface area contributed by atoms with Gasteiger partial charge in [-0.1, -0.05) is 19.1 Å². The van der Waals surface area contributed by atoms with Crippen molar-refractivity contribution < 1.29 is 0 Å². The minimum Gasteiger partial charge on any atom is -0.331 e. The molecule has 96 valence electrons. The number of nitrogens with one attached hydrogen (secondary N) is 1. The van der Waals surface area contributed by atoms with Gasteiger partial charge < -0.3 is 9.55 Å². The maximum atomic E-state index is 5.41. The van der Waals surface area contributed by atoms with Crippen molar-refractivity contribution in [1.29, 1.82) is 0 Å². The number of imidazole rings is 1. The number of fused-ring (bicyclic) bond motifs is 1. The minimum absolute atomic E-state index is 0.828. The van der Waals surface area contributed by atoms with E-state index in [9.17, 15) is 0 Å². The van der Waals surface area contributed by atoms with E-state index in [1.165, 1.54) is 18.4 Å². The summed E-state index contributed by atoms with van der Waals surface area (Å²) >= 11 is 5.41. The Balaban J connectivity index is 1.81. The molecular formula is C14H19N3S. The molecule has 0 radical (unpaired) electrons. The van der Waals surface area contributed by atoms with Crippen molar-refractivity contribution in [3.63, 3.8) is 0 Å². The number of para-hydroxylation sites is 2. The lowest BCUT2D eigenvalue weighted by Crippen LogP contribution is -2.29. The molecular weight excluding hydrogens is 242 g/mol. The van der Waals surface area contributed by atoms with Crippen molar-refractivity contribution in [2.24, 2.45) is 0 Å². The fourth-order valence-electron chi connectivity index (χ4n) is 2.60. The van der Waals surface area contributed by atoms with Crippen LogP contribution in [-0.4, -0.2) is 33.6 Å². The highest BCUT2D eigenvalue weighted by molar-refractivity contribution is 7.71. The van der Waals surface area contributed by atoms with Crippen LogP contribution in [0.4, 0.5) is 0 Å². The lowest BCUT2D eigenvalue weighted by molar-refractivity contribution is 0.267. The third-order valence-electron chi connectivity index (χ3n) is 3.76. The van der Waals surface area contributed by atoms with E-state index in [-0.39, 0.29) is 0 Å². The van der Waals surface area contributed by atoms with Gasteiger partial charge in [0.1, 0.15) is 0 Å². The number of aromatic nitrogens is 2. The fourth-order valence-corrected chi connectivity index (χ4v) is 2.90. The first-order valence-electron chi connectivity index (χ1n) is 6.71. The maximum Gasteiger partial charge on any atom is 0.178 e. The molecule has 1 heterocycles. The van der Waals surface area contributed by atoms with Crippen LogP contribution >= 0.6 is 12.2 Å². The average Bonchev–Trinajstić information content (AvgIpc) is 3.15. The highest BCUT2D eigenvalue weighted by Gasteiger charge is 2.27. The zero-order valence-corrected chi connectivity index (χ0v) is 11.5. The molecule has 1 aliphatic rings. The molecule has 0 unspecified atom stereocenters. The van der Waals surface area contributed by atoms with Crippen molar-refractivity contribution in [3.05, 3.63) is 29.0 Å². The molecule has 0 bridgehead atoms. The molecule has 3 rings (SSSR count). The Hall–Kier alpha value is -1.13. The minimum atomic E-state index is 0.828. The van der Waals surface area contributed by atoms with Gasteiger partial charge in [0.15, 0.2) is 4.77 Å². The van der Waals surface area contributed by atoms with E-state index >= 15 is 0 Å². The van der Waals surface area contributed by atoms with Gasteiger partial charge in [-0.2, -0.15) is 0 Å². The zero-order valence-electron chi connectivity index (χ0n) is 10.7. The molecule has 0 aliphatic heterocycles. The summed E-state index contributed by atoms with van der Waals surface area (Å²) in [6.45, 7) is 5.46. The summed E-state index contributed by atoms with van der Waals surface area (Å²) in [5, 5.41) is 0. The molecule has 2 aromatic rings. The first-order chi connectivity index (χ1) is 8.79. The van der Waals surface area contributed by atoms with E-state index < -0.39 is 0 Å².